The number of hydrogen-bond acceptors (Lipinski definition) is 3. The Labute approximate surface area is 128 Å². The van der Waals surface area contributed by atoms with Gasteiger partial charge >= 0.3 is 0 Å². The molecule has 0 saturated heterocycles. The summed E-state index contributed by atoms with van der Waals surface area (Å²) in [6.07, 6.45) is 0. The number of amides is 2. The van der Waals surface area contributed by atoms with Gasteiger partial charge in [0.1, 0.15) is 0 Å². The maximum atomic E-state index is 12.2. The maximum Gasteiger partial charge on any atom is 0.251 e. The summed E-state index contributed by atoms with van der Waals surface area (Å²) < 4.78 is 0. The van der Waals surface area contributed by atoms with Crippen molar-refractivity contribution >= 4 is 28.8 Å². The molecule has 0 aliphatic heterocycles. The fraction of sp³-hybridized carbons (Fsp3) is 0.250. The Bertz CT molecular complexity index is 677. The zero-order valence-corrected chi connectivity index (χ0v) is 13.1. The van der Waals surface area contributed by atoms with Crippen molar-refractivity contribution in [3.8, 4) is 0 Å². The number of benzene rings is 1. The third kappa shape index (κ3) is 3.92. The van der Waals surface area contributed by atoms with E-state index >= 15 is 0 Å². The van der Waals surface area contributed by atoms with Crippen molar-refractivity contribution in [1.82, 2.24) is 5.32 Å². The van der Waals surface area contributed by atoms with Gasteiger partial charge in [0.2, 0.25) is 5.91 Å². The molecular formula is C16H18N2O2S. The average Bonchev–Trinajstić information content (AvgIpc) is 2.76. The first-order chi connectivity index (χ1) is 9.97. The van der Waals surface area contributed by atoms with Crippen LogP contribution < -0.4 is 10.6 Å². The molecule has 2 amide bonds. The van der Waals surface area contributed by atoms with Crippen LogP contribution in [0.4, 0.5) is 5.69 Å². The fourth-order valence-corrected chi connectivity index (χ4v) is 2.84. The minimum atomic E-state index is -0.156. The molecule has 21 heavy (non-hydrogen) atoms. The Morgan fingerprint density at radius 3 is 2.62 bits per heavy atom. The van der Waals surface area contributed by atoms with Crippen LogP contribution in [0, 0.1) is 13.8 Å². The van der Waals surface area contributed by atoms with Crippen molar-refractivity contribution in [2.75, 3.05) is 5.32 Å². The quantitative estimate of drug-likeness (QED) is 0.911. The summed E-state index contributed by atoms with van der Waals surface area (Å²) in [5.74, 6) is -0.303. The average molecular weight is 302 g/mol. The Balaban J connectivity index is 2.03. The largest absolute Gasteiger partial charge is 0.348 e. The van der Waals surface area contributed by atoms with Crippen LogP contribution in [0.3, 0.4) is 0 Å². The van der Waals surface area contributed by atoms with Crippen molar-refractivity contribution in [3.63, 3.8) is 0 Å². The molecule has 4 nitrogen and oxygen atoms in total. The number of nitrogens with one attached hydrogen (secondary N) is 2. The smallest absolute Gasteiger partial charge is 0.251 e. The molecule has 1 aromatic carbocycles. The van der Waals surface area contributed by atoms with E-state index in [9.17, 15) is 9.59 Å². The molecule has 0 atom stereocenters. The highest BCUT2D eigenvalue weighted by atomic mass is 32.1. The van der Waals surface area contributed by atoms with Crippen molar-refractivity contribution in [1.29, 1.82) is 0 Å². The third-order valence-electron chi connectivity index (χ3n) is 3.27. The van der Waals surface area contributed by atoms with Crippen molar-refractivity contribution in [2.24, 2.45) is 0 Å². The number of carbonyl (C=O) groups excluding carboxylic acids is 2. The number of anilines is 1. The zero-order valence-electron chi connectivity index (χ0n) is 12.3. The summed E-state index contributed by atoms with van der Waals surface area (Å²) >= 11 is 1.69. The van der Waals surface area contributed by atoms with E-state index in [1.165, 1.54) is 17.4 Å². The van der Waals surface area contributed by atoms with Crippen LogP contribution in [0.15, 0.2) is 29.6 Å². The van der Waals surface area contributed by atoms with Gasteiger partial charge in [-0.15, -0.1) is 11.3 Å². The highest BCUT2D eigenvalue weighted by Crippen LogP contribution is 2.20. The molecule has 0 saturated carbocycles. The van der Waals surface area contributed by atoms with Crippen molar-refractivity contribution in [2.45, 2.75) is 27.3 Å². The van der Waals surface area contributed by atoms with Gasteiger partial charge in [0.05, 0.1) is 0 Å². The minimum Gasteiger partial charge on any atom is -0.348 e. The van der Waals surface area contributed by atoms with Gasteiger partial charge in [-0.3, -0.25) is 9.59 Å². The van der Waals surface area contributed by atoms with Crippen LogP contribution >= 0.6 is 11.3 Å². The highest BCUT2D eigenvalue weighted by Gasteiger charge is 2.09. The molecule has 2 aromatic rings. The van der Waals surface area contributed by atoms with Crippen LogP contribution in [0.2, 0.25) is 0 Å². The normalized spacial score (nSPS) is 10.2. The predicted octanol–water partition coefficient (Wildman–Crippen LogP) is 3.25. The number of rotatable bonds is 4. The SMILES string of the molecule is CC(=O)Nc1cccc(C(=O)NCc2csc(C)c2C)c1. The Morgan fingerprint density at radius 2 is 2.00 bits per heavy atom. The third-order valence-corrected chi connectivity index (χ3v) is 4.33. The summed E-state index contributed by atoms with van der Waals surface area (Å²) in [5, 5.41) is 7.64. The minimum absolute atomic E-state index is 0.148. The lowest BCUT2D eigenvalue weighted by molar-refractivity contribution is -0.114. The lowest BCUT2D eigenvalue weighted by Crippen LogP contribution is -2.23. The van der Waals surface area contributed by atoms with E-state index in [-0.39, 0.29) is 11.8 Å². The van der Waals surface area contributed by atoms with Crippen LogP contribution in [0.1, 0.15) is 33.3 Å². The first-order valence-electron chi connectivity index (χ1n) is 6.67. The molecule has 0 aliphatic carbocycles. The number of hydrogen-bond donors (Lipinski definition) is 2. The summed E-state index contributed by atoms with van der Waals surface area (Å²) in [4.78, 5) is 24.5. The van der Waals surface area contributed by atoms with Gasteiger partial charge in [-0.25, -0.2) is 0 Å². The predicted molar refractivity (Wildman–Crippen MR) is 85.7 cm³/mol. The second-order valence-electron chi connectivity index (χ2n) is 4.89. The van der Waals surface area contributed by atoms with Crippen molar-refractivity contribution < 1.29 is 9.59 Å². The van der Waals surface area contributed by atoms with E-state index in [4.69, 9.17) is 0 Å². The highest BCUT2D eigenvalue weighted by molar-refractivity contribution is 7.10. The molecule has 1 aromatic heterocycles. The first-order valence-corrected chi connectivity index (χ1v) is 7.54. The standard InChI is InChI=1S/C16H18N2O2S/c1-10-11(2)21-9-14(10)8-17-16(20)13-5-4-6-15(7-13)18-12(3)19/h4-7,9H,8H2,1-3H3,(H,17,20)(H,18,19). The molecule has 2 N–H and O–H groups in total. The summed E-state index contributed by atoms with van der Waals surface area (Å²) in [6, 6.07) is 6.90. The molecule has 0 aliphatic rings. The zero-order chi connectivity index (χ0) is 15.4. The Kier molecular flexibility index (Phi) is 4.75. The summed E-state index contributed by atoms with van der Waals surface area (Å²) in [5.41, 5.74) is 3.53. The van der Waals surface area contributed by atoms with E-state index in [2.05, 4.69) is 29.9 Å². The molecule has 0 bridgehead atoms. The lowest BCUT2D eigenvalue weighted by atomic mass is 10.1. The topological polar surface area (TPSA) is 58.2 Å². The molecule has 2 rings (SSSR count). The van der Waals surface area contributed by atoms with Gasteiger partial charge in [0.25, 0.3) is 5.91 Å². The number of aryl methyl sites for hydroxylation is 1. The molecule has 0 radical (unpaired) electrons. The van der Waals surface area contributed by atoms with Crippen LogP contribution in [0.25, 0.3) is 0 Å². The maximum absolute atomic E-state index is 12.2. The number of carbonyl (C=O) groups is 2. The molecule has 0 spiro atoms. The molecule has 110 valence electrons. The van der Waals surface area contributed by atoms with Crippen LogP contribution in [-0.2, 0) is 11.3 Å². The van der Waals surface area contributed by atoms with E-state index in [0.29, 0.717) is 17.8 Å². The lowest BCUT2D eigenvalue weighted by Gasteiger charge is -2.07. The van der Waals surface area contributed by atoms with E-state index in [0.717, 1.165) is 5.56 Å². The monoisotopic (exact) mass is 302 g/mol. The summed E-state index contributed by atoms with van der Waals surface area (Å²) in [6.45, 7) is 6.08. The van der Waals surface area contributed by atoms with Crippen LogP contribution in [0.5, 0.6) is 0 Å². The molecular weight excluding hydrogens is 284 g/mol. The van der Waals surface area contributed by atoms with Gasteiger partial charge in [-0.05, 0) is 48.6 Å². The second-order valence-corrected chi connectivity index (χ2v) is 5.97. The van der Waals surface area contributed by atoms with Gasteiger partial charge in [-0.2, -0.15) is 0 Å². The second kappa shape index (κ2) is 6.54. The summed E-state index contributed by atoms with van der Waals surface area (Å²) in [7, 11) is 0. The first kappa shape index (κ1) is 15.3. The van der Waals surface area contributed by atoms with Crippen molar-refractivity contribution in [3.05, 3.63) is 51.2 Å². The fourth-order valence-electron chi connectivity index (χ4n) is 1.96. The van der Waals surface area contributed by atoms with Crippen LogP contribution in [-0.4, -0.2) is 11.8 Å². The molecule has 0 fully saturated rings. The van der Waals surface area contributed by atoms with Gasteiger partial charge in [0.15, 0.2) is 0 Å². The van der Waals surface area contributed by atoms with Gasteiger partial charge in [0, 0.05) is 29.6 Å². The Hall–Kier alpha value is -2.14. The molecule has 5 heteroatoms. The molecule has 0 unspecified atom stereocenters. The van der Waals surface area contributed by atoms with Gasteiger partial charge in [-0.1, -0.05) is 6.07 Å². The van der Waals surface area contributed by atoms with Gasteiger partial charge < -0.3 is 10.6 Å². The number of thiophene rings is 1. The van der Waals surface area contributed by atoms with E-state index < -0.39 is 0 Å². The Morgan fingerprint density at radius 1 is 1.24 bits per heavy atom. The van der Waals surface area contributed by atoms with E-state index in [1.54, 1.807) is 35.6 Å². The molecule has 1 heterocycles. The van der Waals surface area contributed by atoms with E-state index in [1.807, 2.05) is 0 Å².